The van der Waals surface area contributed by atoms with Gasteiger partial charge >= 0.3 is 0 Å². The van der Waals surface area contributed by atoms with Gasteiger partial charge in [-0.1, -0.05) is 26.7 Å². The third-order valence-electron chi connectivity index (χ3n) is 5.33. The van der Waals surface area contributed by atoms with Crippen LogP contribution in [0.25, 0.3) is 0 Å². The number of carbonyl (C=O) groups is 1. The fourth-order valence-corrected chi connectivity index (χ4v) is 4.02. The van der Waals surface area contributed by atoms with Gasteiger partial charge in [0.05, 0.1) is 30.3 Å². The van der Waals surface area contributed by atoms with Gasteiger partial charge in [0, 0.05) is 0 Å². The van der Waals surface area contributed by atoms with Crippen LogP contribution in [0.5, 0.6) is 0 Å². The van der Waals surface area contributed by atoms with Gasteiger partial charge in [0.15, 0.2) is 0 Å². The molecule has 1 aliphatic heterocycles. The molecule has 116 valence electrons. The summed E-state index contributed by atoms with van der Waals surface area (Å²) in [5.74, 6) is 0.731. The third-order valence-corrected chi connectivity index (χ3v) is 5.33. The number of aliphatic hydroxyl groups excluding tert-OH is 1. The van der Waals surface area contributed by atoms with E-state index in [1.54, 1.807) is 0 Å². The molecule has 6 unspecified atom stereocenters. The Labute approximate surface area is 122 Å². The minimum Gasteiger partial charge on any atom is -0.394 e. The van der Waals surface area contributed by atoms with E-state index in [-0.39, 0.29) is 36.6 Å². The summed E-state index contributed by atoms with van der Waals surface area (Å²) in [7, 11) is 0. The number of nitrogens with one attached hydrogen (secondary N) is 1. The topological polar surface area (TPSA) is 58.6 Å². The van der Waals surface area contributed by atoms with E-state index in [1.165, 1.54) is 6.42 Å². The van der Waals surface area contributed by atoms with Crippen molar-refractivity contribution in [1.29, 1.82) is 0 Å². The lowest BCUT2D eigenvalue weighted by Gasteiger charge is -2.40. The number of ether oxygens (including phenoxy) is 1. The zero-order valence-electron chi connectivity index (χ0n) is 13.2. The predicted octanol–water partition coefficient (Wildman–Crippen LogP) is 2.10. The summed E-state index contributed by atoms with van der Waals surface area (Å²) < 4.78 is 5.76. The maximum atomic E-state index is 12.6. The molecule has 0 spiro atoms. The molecule has 0 aromatic carbocycles. The quantitative estimate of drug-likeness (QED) is 0.834. The molecule has 2 N–H and O–H groups in total. The zero-order chi connectivity index (χ0) is 14.9. The summed E-state index contributed by atoms with van der Waals surface area (Å²) in [6, 6.07) is 0. The van der Waals surface area contributed by atoms with Crippen molar-refractivity contribution in [2.45, 2.75) is 71.1 Å². The van der Waals surface area contributed by atoms with Crippen molar-refractivity contribution in [2.24, 2.45) is 17.8 Å². The Kier molecular flexibility index (Phi) is 4.75. The second-order valence-corrected chi connectivity index (χ2v) is 7.06. The Bertz CT molecular complexity index is 360. The van der Waals surface area contributed by atoms with Crippen molar-refractivity contribution < 1.29 is 14.6 Å². The highest BCUT2D eigenvalue weighted by Crippen LogP contribution is 2.35. The Balaban J connectivity index is 2.06. The molecule has 0 aromatic rings. The molecular formula is C16H29NO3. The van der Waals surface area contributed by atoms with Gasteiger partial charge in [-0.3, -0.25) is 4.79 Å². The lowest BCUT2D eigenvalue weighted by Crippen LogP contribution is -2.56. The molecule has 6 atom stereocenters. The maximum Gasteiger partial charge on any atom is 0.226 e. The highest BCUT2D eigenvalue weighted by atomic mass is 16.5. The van der Waals surface area contributed by atoms with Gasteiger partial charge in [0.25, 0.3) is 0 Å². The average Bonchev–Trinajstić information content (AvgIpc) is 2.63. The van der Waals surface area contributed by atoms with E-state index in [9.17, 15) is 9.90 Å². The van der Waals surface area contributed by atoms with Gasteiger partial charge < -0.3 is 15.2 Å². The van der Waals surface area contributed by atoms with Gasteiger partial charge in [0.1, 0.15) is 0 Å². The summed E-state index contributed by atoms with van der Waals surface area (Å²) in [6.45, 7) is 8.31. The van der Waals surface area contributed by atoms with Crippen molar-refractivity contribution in [2.75, 3.05) is 6.61 Å². The van der Waals surface area contributed by atoms with E-state index in [2.05, 4.69) is 19.2 Å². The van der Waals surface area contributed by atoms with E-state index >= 15 is 0 Å². The molecule has 0 radical (unpaired) electrons. The number of hydrogen-bond donors (Lipinski definition) is 2. The molecule has 2 rings (SSSR count). The van der Waals surface area contributed by atoms with Gasteiger partial charge in [-0.05, 0) is 38.5 Å². The van der Waals surface area contributed by atoms with Crippen molar-refractivity contribution in [3.8, 4) is 0 Å². The van der Waals surface area contributed by atoms with E-state index in [0.717, 1.165) is 19.3 Å². The molecule has 4 heteroatoms. The van der Waals surface area contributed by atoms with Crippen LogP contribution in [-0.4, -0.2) is 35.4 Å². The molecule has 20 heavy (non-hydrogen) atoms. The summed E-state index contributed by atoms with van der Waals surface area (Å²) in [4.78, 5) is 12.6. The maximum absolute atomic E-state index is 12.6. The van der Waals surface area contributed by atoms with E-state index in [1.807, 2.05) is 13.8 Å². The monoisotopic (exact) mass is 283 g/mol. The molecule has 2 aliphatic rings. The van der Waals surface area contributed by atoms with Gasteiger partial charge in [-0.15, -0.1) is 0 Å². The first-order chi connectivity index (χ1) is 9.38. The normalized spacial score (nSPS) is 45.4. The molecule has 1 saturated carbocycles. The molecule has 1 saturated heterocycles. The molecule has 1 amide bonds. The van der Waals surface area contributed by atoms with Crippen LogP contribution in [0.15, 0.2) is 0 Å². The second kappa shape index (κ2) is 6.02. The van der Waals surface area contributed by atoms with Crippen LogP contribution in [0, 0.1) is 17.8 Å². The Morgan fingerprint density at radius 2 is 2.00 bits per heavy atom. The van der Waals surface area contributed by atoms with E-state index in [4.69, 9.17) is 4.74 Å². The summed E-state index contributed by atoms with van der Waals surface area (Å²) in [5.41, 5.74) is -0.417. The largest absolute Gasteiger partial charge is 0.394 e. The molecule has 2 fully saturated rings. The molecule has 1 aliphatic carbocycles. The number of aliphatic hydroxyl groups is 1. The highest BCUT2D eigenvalue weighted by Gasteiger charge is 2.44. The summed E-state index contributed by atoms with van der Waals surface area (Å²) in [6.07, 6.45) is 4.10. The van der Waals surface area contributed by atoms with Crippen LogP contribution in [0.2, 0.25) is 0 Å². The van der Waals surface area contributed by atoms with Crippen molar-refractivity contribution in [3.63, 3.8) is 0 Å². The standard InChI is InChI=1S/C16H29NO3/c1-10-6-5-7-16(8-10,9-18)17-15(19)14-11(2)12(3)20-13(14)4/h10-14,18H,5-9H2,1-4H3,(H,17,19). The molecular weight excluding hydrogens is 254 g/mol. The van der Waals surface area contributed by atoms with Crippen molar-refractivity contribution in [1.82, 2.24) is 5.32 Å². The fourth-order valence-electron chi connectivity index (χ4n) is 4.02. The van der Waals surface area contributed by atoms with Gasteiger partial charge in [-0.25, -0.2) is 0 Å². The first kappa shape index (κ1) is 15.8. The van der Waals surface area contributed by atoms with Crippen LogP contribution in [-0.2, 0) is 9.53 Å². The lowest BCUT2D eigenvalue weighted by molar-refractivity contribution is -0.130. The predicted molar refractivity (Wildman–Crippen MR) is 78.3 cm³/mol. The highest BCUT2D eigenvalue weighted by molar-refractivity contribution is 5.80. The van der Waals surface area contributed by atoms with Crippen LogP contribution in [0.3, 0.4) is 0 Å². The minimum absolute atomic E-state index is 0.0367. The Morgan fingerprint density at radius 3 is 2.50 bits per heavy atom. The summed E-state index contributed by atoms with van der Waals surface area (Å²) in [5, 5.41) is 13.0. The fraction of sp³-hybridized carbons (Fsp3) is 0.938. The minimum atomic E-state index is -0.417. The van der Waals surface area contributed by atoms with Gasteiger partial charge in [-0.2, -0.15) is 0 Å². The average molecular weight is 283 g/mol. The molecule has 0 bridgehead atoms. The Morgan fingerprint density at radius 1 is 1.30 bits per heavy atom. The molecule has 1 heterocycles. The number of amides is 1. The van der Waals surface area contributed by atoms with Crippen molar-refractivity contribution in [3.05, 3.63) is 0 Å². The second-order valence-electron chi connectivity index (χ2n) is 7.06. The first-order valence-electron chi connectivity index (χ1n) is 7.97. The van der Waals surface area contributed by atoms with E-state index in [0.29, 0.717) is 5.92 Å². The number of rotatable bonds is 3. The van der Waals surface area contributed by atoms with Crippen LogP contribution >= 0.6 is 0 Å². The van der Waals surface area contributed by atoms with Crippen LogP contribution < -0.4 is 5.32 Å². The molecule has 0 aromatic heterocycles. The summed E-state index contributed by atoms with van der Waals surface area (Å²) >= 11 is 0. The lowest BCUT2D eigenvalue weighted by atomic mass is 9.76. The molecule has 4 nitrogen and oxygen atoms in total. The third kappa shape index (κ3) is 3.01. The van der Waals surface area contributed by atoms with Gasteiger partial charge in [0.2, 0.25) is 5.91 Å². The number of hydrogen-bond acceptors (Lipinski definition) is 3. The SMILES string of the molecule is CC1CCCC(CO)(NC(=O)C2C(C)OC(C)C2C)C1. The van der Waals surface area contributed by atoms with Crippen molar-refractivity contribution >= 4 is 5.91 Å². The number of carbonyl (C=O) groups excluding carboxylic acids is 1. The smallest absolute Gasteiger partial charge is 0.226 e. The first-order valence-corrected chi connectivity index (χ1v) is 7.97. The zero-order valence-corrected chi connectivity index (χ0v) is 13.2. The van der Waals surface area contributed by atoms with Crippen LogP contribution in [0.4, 0.5) is 0 Å². The Hall–Kier alpha value is -0.610. The van der Waals surface area contributed by atoms with Crippen LogP contribution in [0.1, 0.15) is 53.4 Å². The van der Waals surface area contributed by atoms with E-state index < -0.39 is 5.54 Å².